The first-order valence-electron chi connectivity index (χ1n) is 6.74. The normalized spacial score (nSPS) is 25.4. The lowest BCUT2D eigenvalue weighted by atomic mass is 9.87. The molecular weight excluding hydrogens is 394 g/mol. The molecular formula is C13H14F5OPS3. The summed E-state index contributed by atoms with van der Waals surface area (Å²) < 4.78 is 65.9. The van der Waals surface area contributed by atoms with Gasteiger partial charge in [-0.15, -0.1) is 0 Å². The van der Waals surface area contributed by atoms with Crippen molar-refractivity contribution in [1.29, 1.82) is 0 Å². The molecule has 0 saturated heterocycles. The van der Waals surface area contributed by atoms with E-state index in [4.69, 9.17) is 0 Å². The van der Waals surface area contributed by atoms with Crippen LogP contribution in [0.25, 0.3) is 0 Å². The van der Waals surface area contributed by atoms with E-state index in [1.807, 2.05) is 6.92 Å². The summed E-state index contributed by atoms with van der Waals surface area (Å²) in [7, 11) is 2.67. The number of aliphatic hydroxyl groups excluding tert-OH is 1. The van der Waals surface area contributed by atoms with Gasteiger partial charge in [-0.25, -0.2) is 22.0 Å². The molecule has 0 spiro atoms. The minimum absolute atomic E-state index is 0.164. The molecule has 0 radical (unpaired) electrons. The van der Waals surface area contributed by atoms with Gasteiger partial charge in [-0.05, 0) is 19.8 Å². The third kappa shape index (κ3) is 4.29. The highest BCUT2D eigenvalue weighted by Gasteiger charge is 2.36. The lowest BCUT2D eigenvalue weighted by Crippen LogP contribution is -2.38. The Balaban J connectivity index is 1.97. The first-order chi connectivity index (χ1) is 10.8. The predicted octanol–water partition coefficient (Wildman–Crippen LogP) is 6.06. The smallest absolute Gasteiger partial charge is 0.200 e. The third-order valence-corrected chi connectivity index (χ3v) is 11.7. The van der Waals surface area contributed by atoms with Crippen LogP contribution < -0.4 is 0 Å². The Kier molecular flexibility index (Phi) is 6.94. The van der Waals surface area contributed by atoms with Crippen LogP contribution in [0.1, 0.15) is 32.6 Å². The van der Waals surface area contributed by atoms with Gasteiger partial charge < -0.3 is 5.11 Å². The van der Waals surface area contributed by atoms with Crippen LogP contribution in [-0.2, 0) is 0 Å². The van der Waals surface area contributed by atoms with Crippen LogP contribution in [0.4, 0.5) is 22.0 Å². The molecule has 1 aliphatic rings. The van der Waals surface area contributed by atoms with Gasteiger partial charge in [0.15, 0.2) is 23.3 Å². The molecule has 130 valence electrons. The van der Waals surface area contributed by atoms with E-state index in [0.29, 0.717) is 17.8 Å². The standard InChI is InChI=1S/C13H14F5OPS3/c1-13(5-3-2-4-6(13)19)22-23-20-21-12-10(17)8(15)7(14)9(16)11(12)18/h6,19-20H,2-5H2,1H3/t6?,13-/m0/s1. The largest absolute Gasteiger partial charge is 0.392 e. The minimum Gasteiger partial charge on any atom is -0.392 e. The summed E-state index contributed by atoms with van der Waals surface area (Å²) in [6.07, 6.45) is 3.03. The highest BCUT2D eigenvalue weighted by molar-refractivity contribution is 9.07. The Labute approximate surface area is 144 Å². The summed E-state index contributed by atoms with van der Waals surface area (Å²) in [4.78, 5) is -0.859. The Morgan fingerprint density at radius 2 is 1.57 bits per heavy atom. The Morgan fingerprint density at radius 3 is 2.13 bits per heavy atom. The molecule has 10 heteroatoms. The van der Waals surface area contributed by atoms with Crippen molar-refractivity contribution in [2.45, 2.75) is 48.4 Å². The SMILES string of the molecule is C[C@]1(SSPSc2c(F)c(F)c(F)c(F)c2F)CCCCC1O. The summed E-state index contributed by atoms with van der Waals surface area (Å²) in [6, 6.07) is 0. The second kappa shape index (κ2) is 8.13. The molecule has 1 aromatic rings. The Hall–Kier alpha value is 0.310. The second-order valence-electron chi connectivity index (χ2n) is 5.33. The van der Waals surface area contributed by atoms with E-state index >= 15 is 0 Å². The molecule has 1 fully saturated rings. The van der Waals surface area contributed by atoms with E-state index < -0.39 is 40.1 Å². The van der Waals surface area contributed by atoms with Crippen molar-refractivity contribution in [3.05, 3.63) is 29.1 Å². The Morgan fingerprint density at radius 1 is 1.00 bits per heavy atom. The number of aliphatic hydroxyl groups is 1. The summed E-state index contributed by atoms with van der Waals surface area (Å²) in [5.41, 5.74) is 0. The highest BCUT2D eigenvalue weighted by atomic mass is 33.4. The van der Waals surface area contributed by atoms with Crippen molar-refractivity contribution in [3.8, 4) is 0 Å². The molecule has 0 aliphatic heterocycles. The molecule has 2 rings (SSSR count). The van der Waals surface area contributed by atoms with E-state index in [1.165, 1.54) is 21.2 Å². The maximum absolute atomic E-state index is 13.5. The molecule has 0 aromatic heterocycles. The van der Waals surface area contributed by atoms with Crippen molar-refractivity contribution in [2.75, 3.05) is 0 Å². The fraction of sp³-hybridized carbons (Fsp3) is 0.538. The number of hydrogen-bond acceptors (Lipinski definition) is 4. The second-order valence-corrected chi connectivity index (χ2v) is 12.5. The quantitative estimate of drug-likeness (QED) is 0.160. The van der Waals surface area contributed by atoms with Crippen LogP contribution in [0, 0.1) is 29.1 Å². The lowest BCUT2D eigenvalue weighted by Gasteiger charge is -2.37. The monoisotopic (exact) mass is 408 g/mol. The van der Waals surface area contributed by atoms with Gasteiger partial charge in [0.2, 0.25) is 5.82 Å². The van der Waals surface area contributed by atoms with Gasteiger partial charge in [0.1, 0.15) is 0 Å². The molecule has 1 nitrogen and oxygen atoms in total. The molecule has 0 amide bonds. The lowest BCUT2D eigenvalue weighted by molar-refractivity contribution is 0.0989. The van der Waals surface area contributed by atoms with Gasteiger partial charge in [-0.3, -0.25) is 0 Å². The fourth-order valence-electron chi connectivity index (χ4n) is 2.23. The van der Waals surface area contributed by atoms with Gasteiger partial charge in [0.05, 0.1) is 11.0 Å². The van der Waals surface area contributed by atoms with Gasteiger partial charge >= 0.3 is 0 Å². The molecule has 23 heavy (non-hydrogen) atoms. The van der Waals surface area contributed by atoms with Crippen molar-refractivity contribution in [2.24, 2.45) is 0 Å². The van der Waals surface area contributed by atoms with Crippen LogP contribution >= 0.6 is 39.6 Å². The molecule has 2 unspecified atom stereocenters. The van der Waals surface area contributed by atoms with Crippen molar-refractivity contribution >= 4 is 39.6 Å². The first-order valence-corrected chi connectivity index (χ1v) is 12.2. The topological polar surface area (TPSA) is 20.2 Å². The van der Waals surface area contributed by atoms with Crippen LogP contribution in [0.3, 0.4) is 0 Å². The van der Waals surface area contributed by atoms with E-state index in [9.17, 15) is 27.1 Å². The molecule has 0 heterocycles. The van der Waals surface area contributed by atoms with E-state index in [0.717, 1.165) is 19.3 Å². The summed E-state index contributed by atoms with van der Waals surface area (Å²) in [5.74, 6) is -9.60. The number of hydrogen-bond donors (Lipinski definition) is 1. The zero-order valence-corrected chi connectivity index (χ0v) is 15.4. The number of benzene rings is 1. The fourth-order valence-corrected chi connectivity index (χ4v) is 10.4. The van der Waals surface area contributed by atoms with Gasteiger partial charge in [-0.2, -0.15) is 0 Å². The van der Waals surface area contributed by atoms with Crippen LogP contribution in [0.2, 0.25) is 0 Å². The highest BCUT2D eigenvalue weighted by Crippen LogP contribution is 2.59. The minimum atomic E-state index is -2.15. The molecule has 1 saturated carbocycles. The molecule has 1 N–H and O–H groups in total. The predicted molar refractivity (Wildman–Crippen MR) is 88.5 cm³/mol. The van der Waals surface area contributed by atoms with Gasteiger partial charge in [-0.1, -0.05) is 45.4 Å². The van der Waals surface area contributed by atoms with Crippen LogP contribution in [0.5, 0.6) is 0 Å². The van der Waals surface area contributed by atoms with E-state index in [1.54, 1.807) is 0 Å². The average Bonchev–Trinajstić information content (AvgIpc) is 2.53. The number of rotatable bonds is 5. The van der Waals surface area contributed by atoms with Gasteiger partial charge in [0, 0.05) is 11.7 Å². The zero-order valence-electron chi connectivity index (χ0n) is 12.0. The van der Waals surface area contributed by atoms with Crippen LogP contribution in [0.15, 0.2) is 4.90 Å². The maximum Gasteiger partial charge on any atom is 0.200 e. The summed E-state index contributed by atoms with van der Waals surface area (Å²) in [6.45, 7) is 1.75. The zero-order chi connectivity index (χ0) is 17.2. The average molecular weight is 408 g/mol. The molecule has 1 aliphatic carbocycles. The molecule has 0 bridgehead atoms. The van der Waals surface area contributed by atoms with Crippen molar-refractivity contribution in [3.63, 3.8) is 0 Å². The maximum atomic E-state index is 13.5. The first kappa shape index (κ1) is 19.6. The van der Waals surface area contributed by atoms with Crippen molar-refractivity contribution in [1.82, 2.24) is 0 Å². The van der Waals surface area contributed by atoms with E-state index in [-0.39, 0.29) is 11.7 Å². The summed E-state index contributed by atoms with van der Waals surface area (Å²) in [5, 5.41) is 10.0. The summed E-state index contributed by atoms with van der Waals surface area (Å²) >= 11 is 0.591. The van der Waals surface area contributed by atoms with E-state index in [2.05, 4.69) is 0 Å². The Bertz CT molecular complexity index is 562. The van der Waals surface area contributed by atoms with Gasteiger partial charge in [0.25, 0.3) is 0 Å². The molecule has 1 aromatic carbocycles. The molecule has 3 atom stereocenters. The number of halogens is 5. The third-order valence-electron chi connectivity index (χ3n) is 3.68. The van der Waals surface area contributed by atoms with Crippen molar-refractivity contribution < 1.29 is 27.1 Å². The van der Waals surface area contributed by atoms with Crippen LogP contribution in [-0.4, -0.2) is 16.0 Å².